The molecule has 6 nitrogen and oxygen atoms in total. The Bertz CT molecular complexity index is 820. The number of amides is 1. The lowest BCUT2D eigenvalue weighted by molar-refractivity contribution is -0.384. The number of carbonyl (C=O) groups is 1. The number of nitro groups is 1. The van der Waals surface area contributed by atoms with Gasteiger partial charge in [-0.1, -0.05) is 12.1 Å². The topological polar surface area (TPSA) is 81.5 Å². The summed E-state index contributed by atoms with van der Waals surface area (Å²) < 4.78 is 42.8. The van der Waals surface area contributed by atoms with Crippen LogP contribution in [0.4, 0.5) is 18.9 Å². The van der Waals surface area contributed by atoms with E-state index in [0.717, 1.165) is 18.2 Å². The quantitative estimate of drug-likeness (QED) is 0.636. The first kappa shape index (κ1) is 19.2. The molecule has 2 rings (SSSR count). The molecule has 1 N–H and O–H groups in total. The Morgan fingerprint density at radius 2 is 1.81 bits per heavy atom. The van der Waals surface area contributed by atoms with Gasteiger partial charge in [-0.05, 0) is 30.7 Å². The number of nitro benzene ring substituents is 1. The highest BCUT2D eigenvalue weighted by atomic mass is 19.4. The van der Waals surface area contributed by atoms with Crippen molar-refractivity contribution < 1.29 is 27.6 Å². The summed E-state index contributed by atoms with van der Waals surface area (Å²) in [6, 6.07) is 7.33. The fraction of sp³-hybridized carbons (Fsp3) is 0.235. The molecule has 9 heteroatoms. The van der Waals surface area contributed by atoms with E-state index < -0.39 is 28.6 Å². The van der Waals surface area contributed by atoms with Crippen LogP contribution in [0.2, 0.25) is 0 Å². The van der Waals surface area contributed by atoms with Crippen LogP contribution in [0.25, 0.3) is 0 Å². The predicted molar refractivity (Wildman–Crippen MR) is 87.0 cm³/mol. The van der Waals surface area contributed by atoms with Crippen molar-refractivity contribution in [3.63, 3.8) is 0 Å². The van der Waals surface area contributed by atoms with E-state index in [9.17, 15) is 28.1 Å². The van der Waals surface area contributed by atoms with E-state index in [-0.39, 0.29) is 17.0 Å². The molecule has 2 aromatic carbocycles. The first-order chi connectivity index (χ1) is 12.1. The number of carbonyl (C=O) groups excluding carboxylic acids is 1. The zero-order valence-corrected chi connectivity index (χ0v) is 13.8. The Labute approximate surface area is 146 Å². The molecular weight excluding hydrogens is 353 g/mol. The molecule has 0 bridgehead atoms. The SMILES string of the molecule is COc1ccc([N+](=O)[O-])cc1C(=O)NC(C)c1ccc(C(F)(F)F)cc1. The number of halogens is 3. The van der Waals surface area contributed by atoms with Crippen molar-refractivity contribution in [3.8, 4) is 5.75 Å². The standard InChI is InChI=1S/C17H15F3N2O4/c1-10(11-3-5-12(6-4-11)17(18,19)20)21-16(23)14-9-13(22(24)25)7-8-15(14)26-2/h3-10H,1-2H3,(H,21,23). The minimum absolute atomic E-state index is 0.0412. The Morgan fingerprint density at radius 1 is 1.19 bits per heavy atom. The highest BCUT2D eigenvalue weighted by Gasteiger charge is 2.30. The highest BCUT2D eigenvalue weighted by molar-refractivity contribution is 5.97. The number of rotatable bonds is 5. The summed E-state index contributed by atoms with van der Waals surface area (Å²) in [4.78, 5) is 22.6. The van der Waals surface area contributed by atoms with Crippen molar-refractivity contribution in [1.29, 1.82) is 0 Å². The van der Waals surface area contributed by atoms with Crippen molar-refractivity contribution in [3.05, 3.63) is 69.3 Å². The van der Waals surface area contributed by atoms with Gasteiger partial charge >= 0.3 is 6.18 Å². The Balaban J connectivity index is 2.21. The monoisotopic (exact) mass is 368 g/mol. The van der Waals surface area contributed by atoms with E-state index in [1.54, 1.807) is 6.92 Å². The molecule has 1 amide bonds. The fourth-order valence-corrected chi connectivity index (χ4v) is 2.31. The Hall–Kier alpha value is -3.10. The molecule has 0 heterocycles. The zero-order chi connectivity index (χ0) is 19.5. The minimum Gasteiger partial charge on any atom is -0.496 e. The molecule has 0 aliphatic carbocycles. The van der Waals surface area contributed by atoms with E-state index in [1.807, 2.05) is 0 Å². The first-order valence-corrected chi connectivity index (χ1v) is 7.44. The van der Waals surface area contributed by atoms with E-state index in [2.05, 4.69) is 5.32 Å². The zero-order valence-electron chi connectivity index (χ0n) is 13.8. The number of non-ortho nitro benzene ring substituents is 1. The van der Waals surface area contributed by atoms with Crippen molar-refractivity contribution >= 4 is 11.6 Å². The van der Waals surface area contributed by atoms with E-state index >= 15 is 0 Å². The van der Waals surface area contributed by atoms with Gasteiger partial charge in [-0.25, -0.2) is 0 Å². The average Bonchev–Trinajstić information content (AvgIpc) is 2.60. The second-order valence-corrected chi connectivity index (χ2v) is 5.46. The van der Waals surface area contributed by atoms with Crippen molar-refractivity contribution in [2.24, 2.45) is 0 Å². The summed E-state index contributed by atoms with van der Waals surface area (Å²) in [5.74, 6) is -0.495. The van der Waals surface area contributed by atoms with Gasteiger partial charge in [0.2, 0.25) is 0 Å². The molecule has 1 unspecified atom stereocenters. The maximum Gasteiger partial charge on any atom is 0.416 e. The molecule has 26 heavy (non-hydrogen) atoms. The largest absolute Gasteiger partial charge is 0.496 e. The molecule has 2 aromatic rings. The van der Waals surface area contributed by atoms with Gasteiger partial charge in [0, 0.05) is 12.1 Å². The summed E-state index contributed by atoms with van der Waals surface area (Å²) in [5.41, 5.74) is -0.658. The van der Waals surface area contributed by atoms with Gasteiger partial charge in [-0.15, -0.1) is 0 Å². The molecule has 0 radical (unpaired) electrons. The maximum absolute atomic E-state index is 12.6. The summed E-state index contributed by atoms with van der Waals surface area (Å²) >= 11 is 0. The normalized spacial score (nSPS) is 12.3. The number of hydrogen-bond acceptors (Lipinski definition) is 4. The van der Waals surface area contributed by atoms with Crippen molar-refractivity contribution in [2.45, 2.75) is 19.1 Å². The molecule has 0 aliphatic rings. The first-order valence-electron chi connectivity index (χ1n) is 7.44. The average molecular weight is 368 g/mol. The number of ether oxygens (including phenoxy) is 1. The van der Waals surface area contributed by atoms with E-state index in [0.29, 0.717) is 5.56 Å². The number of alkyl halides is 3. The van der Waals surface area contributed by atoms with E-state index in [1.165, 1.54) is 31.4 Å². The van der Waals surface area contributed by atoms with Gasteiger partial charge in [0.15, 0.2) is 0 Å². The molecule has 0 saturated carbocycles. The van der Waals surface area contributed by atoms with Gasteiger partial charge in [0.05, 0.1) is 29.2 Å². The van der Waals surface area contributed by atoms with E-state index in [4.69, 9.17) is 4.74 Å². The Morgan fingerprint density at radius 3 is 2.31 bits per heavy atom. The van der Waals surface area contributed by atoms with Crippen LogP contribution in [0.5, 0.6) is 5.75 Å². The summed E-state index contributed by atoms with van der Waals surface area (Å²) in [7, 11) is 1.32. The van der Waals surface area contributed by atoms with Crippen LogP contribution in [0.1, 0.15) is 34.5 Å². The summed E-state index contributed by atoms with van der Waals surface area (Å²) in [6.07, 6.45) is -4.44. The number of hydrogen-bond donors (Lipinski definition) is 1. The lowest BCUT2D eigenvalue weighted by Gasteiger charge is -2.16. The third-order valence-corrected chi connectivity index (χ3v) is 3.72. The van der Waals surface area contributed by atoms with Crippen molar-refractivity contribution in [1.82, 2.24) is 5.32 Å². The summed E-state index contributed by atoms with van der Waals surface area (Å²) in [5, 5.41) is 13.5. The third kappa shape index (κ3) is 4.29. The smallest absolute Gasteiger partial charge is 0.416 e. The minimum atomic E-state index is -4.44. The van der Waals surface area contributed by atoms with Crippen LogP contribution >= 0.6 is 0 Å². The van der Waals surface area contributed by atoms with Crippen LogP contribution in [-0.2, 0) is 6.18 Å². The number of nitrogens with one attached hydrogen (secondary N) is 1. The maximum atomic E-state index is 12.6. The number of nitrogens with zero attached hydrogens (tertiary/aromatic N) is 1. The lowest BCUT2D eigenvalue weighted by Crippen LogP contribution is -2.27. The molecule has 1 atom stereocenters. The van der Waals surface area contributed by atoms with Crippen LogP contribution in [0, 0.1) is 10.1 Å². The molecule has 0 fully saturated rings. The lowest BCUT2D eigenvalue weighted by atomic mass is 10.0. The van der Waals surface area contributed by atoms with Crippen LogP contribution in [0.15, 0.2) is 42.5 Å². The summed E-state index contributed by atoms with van der Waals surface area (Å²) in [6.45, 7) is 1.59. The van der Waals surface area contributed by atoms with Gasteiger partial charge < -0.3 is 10.1 Å². The molecule has 138 valence electrons. The number of methoxy groups -OCH3 is 1. The second-order valence-electron chi connectivity index (χ2n) is 5.46. The van der Waals surface area contributed by atoms with Crippen LogP contribution < -0.4 is 10.1 Å². The second kappa shape index (κ2) is 7.42. The molecule has 0 aromatic heterocycles. The molecule has 0 saturated heterocycles. The Kier molecular flexibility index (Phi) is 5.49. The van der Waals surface area contributed by atoms with Gasteiger partial charge in [-0.3, -0.25) is 14.9 Å². The predicted octanol–water partition coefficient (Wildman–Crippen LogP) is 4.11. The third-order valence-electron chi connectivity index (χ3n) is 3.72. The molecule has 0 aliphatic heterocycles. The van der Waals surface area contributed by atoms with Crippen LogP contribution in [0.3, 0.4) is 0 Å². The number of benzene rings is 2. The van der Waals surface area contributed by atoms with Crippen LogP contribution in [-0.4, -0.2) is 17.9 Å². The van der Waals surface area contributed by atoms with Crippen molar-refractivity contribution in [2.75, 3.05) is 7.11 Å². The highest BCUT2D eigenvalue weighted by Crippen LogP contribution is 2.30. The van der Waals surface area contributed by atoms with Gasteiger partial charge in [0.1, 0.15) is 5.75 Å². The fourth-order valence-electron chi connectivity index (χ4n) is 2.31. The molecule has 0 spiro atoms. The van der Waals surface area contributed by atoms with Gasteiger partial charge in [-0.2, -0.15) is 13.2 Å². The molecular formula is C17H15F3N2O4. The van der Waals surface area contributed by atoms with Gasteiger partial charge in [0.25, 0.3) is 11.6 Å².